The number of rotatable bonds is 6. The SMILES string of the molecule is CC(O)C1C(=O)N2C(C(=O)OCOC(=O)C(C)(C)C)=C(c3cscc3C(=S)N(C)C)CC12. The molecule has 0 bridgehead atoms. The minimum absolute atomic E-state index is 0.116. The number of amides is 1. The summed E-state index contributed by atoms with van der Waals surface area (Å²) in [5.41, 5.74) is 1.57. The van der Waals surface area contributed by atoms with Gasteiger partial charge in [0.15, 0.2) is 0 Å². The van der Waals surface area contributed by atoms with E-state index in [1.165, 1.54) is 16.2 Å². The fourth-order valence-corrected chi connectivity index (χ4v) is 4.95. The minimum atomic E-state index is -0.835. The minimum Gasteiger partial charge on any atom is -0.427 e. The molecule has 8 nitrogen and oxygen atoms in total. The molecule has 174 valence electrons. The van der Waals surface area contributed by atoms with E-state index in [2.05, 4.69) is 0 Å². The number of hydrogen-bond donors (Lipinski definition) is 1. The summed E-state index contributed by atoms with van der Waals surface area (Å²) in [5.74, 6) is -2.17. The Kier molecular flexibility index (Phi) is 6.78. The zero-order valence-electron chi connectivity index (χ0n) is 19.0. The third kappa shape index (κ3) is 4.31. The van der Waals surface area contributed by atoms with E-state index in [-0.39, 0.29) is 17.6 Å². The smallest absolute Gasteiger partial charge is 0.358 e. The molecule has 2 aliphatic rings. The number of β-lactam (4-membered cyclic amide) rings is 1. The molecule has 1 fully saturated rings. The fourth-order valence-electron chi connectivity index (χ4n) is 3.86. The Morgan fingerprint density at radius 1 is 1.31 bits per heavy atom. The van der Waals surface area contributed by atoms with Gasteiger partial charge in [0.25, 0.3) is 0 Å². The van der Waals surface area contributed by atoms with Gasteiger partial charge in [-0.15, -0.1) is 0 Å². The third-order valence-corrected chi connectivity index (χ3v) is 6.87. The molecule has 1 N–H and O–H groups in total. The summed E-state index contributed by atoms with van der Waals surface area (Å²) in [7, 11) is 3.68. The van der Waals surface area contributed by atoms with Gasteiger partial charge in [0.05, 0.1) is 23.5 Å². The number of nitrogens with zero attached hydrogens (tertiary/aromatic N) is 2. The first-order valence-corrected chi connectivity index (χ1v) is 11.6. The Bertz CT molecular complexity index is 989. The molecule has 1 aromatic heterocycles. The number of fused-ring (bicyclic) bond motifs is 1. The number of thiophene rings is 1. The van der Waals surface area contributed by atoms with Crippen molar-refractivity contribution in [1.82, 2.24) is 9.80 Å². The van der Waals surface area contributed by atoms with E-state index in [9.17, 15) is 19.5 Å². The lowest BCUT2D eigenvalue weighted by molar-refractivity contribution is -0.175. The molecule has 3 atom stereocenters. The van der Waals surface area contributed by atoms with Crippen LogP contribution in [0.2, 0.25) is 0 Å². The normalized spacial score (nSPS) is 21.1. The number of aliphatic hydroxyl groups is 1. The molecule has 32 heavy (non-hydrogen) atoms. The first-order chi connectivity index (χ1) is 14.9. The molecule has 0 aliphatic carbocycles. The van der Waals surface area contributed by atoms with E-state index >= 15 is 0 Å². The summed E-state index contributed by atoms with van der Waals surface area (Å²) < 4.78 is 10.3. The maximum atomic E-state index is 13.0. The molecule has 2 aliphatic heterocycles. The molecule has 3 unspecified atom stereocenters. The molecule has 1 saturated heterocycles. The first-order valence-electron chi connectivity index (χ1n) is 10.2. The first kappa shape index (κ1) is 24.3. The quantitative estimate of drug-likeness (QED) is 0.287. The van der Waals surface area contributed by atoms with Crippen molar-refractivity contribution in [2.75, 3.05) is 20.9 Å². The van der Waals surface area contributed by atoms with Crippen molar-refractivity contribution in [1.29, 1.82) is 0 Å². The van der Waals surface area contributed by atoms with Crippen LogP contribution in [0.25, 0.3) is 5.57 Å². The zero-order valence-corrected chi connectivity index (χ0v) is 20.6. The highest BCUT2D eigenvalue weighted by atomic mass is 32.1. The van der Waals surface area contributed by atoms with Gasteiger partial charge in [-0.3, -0.25) is 9.59 Å². The summed E-state index contributed by atoms with van der Waals surface area (Å²) in [6.45, 7) is 6.10. The van der Waals surface area contributed by atoms with Gasteiger partial charge in [0.1, 0.15) is 10.7 Å². The standard InChI is InChI=1S/C22H28N2O6S2/c1-11(25)16-15-7-12(13-8-32-9-14(13)19(31)23(5)6)17(24(15)18(16)26)20(27)29-10-30-21(28)22(2,3)4/h8-9,11,15-16,25H,7,10H2,1-6H3. The highest BCUT2D eigenvalue weighted by Gasteiger charge is 2.57. The Hall–Kier alpha value is -2.30. The molecule has 3 heterocycles. The molecular formula is C22H28N2O6S2. The lowest BCUT2D eigenvalue weighted by Gasteiger charge is -2.44. The van der Waals surface area contributed by atoms with Crippen molar-refractivity contribution >= 4 is 52.0 Å². The summed E-state index contributed by atoms with van der Waals surface area (Å²) in [5, 5.41) is 13.9. The van der Waals surface area contributed by atoms with Crippen LogP contribution in [0.3, 0.4) is 0 Å². The van der Waals surface area contributed by atoms with Gasteiger partial charge in [0.2, 0.25) is 12.7 Å². The van der Waals surface area contributed by atoms with E-state index in [4.69, 9.17) is 21.7 Å². The zero-order chi connectivity index (χ0) is 24.0. The summed E-state index contributed by atoms with van der Waals surface area (Å²) >= 11 is 6.98. The number of aliphatic hydroxyl groups excluding tert-OH is 1. The molecule has 0 radical (unpaired) electrons. The number of carbonyl (C=O) groups is 3. The second-order valence-corrected chi connectivity index (χ2v) is 10.3. The van der Waals surface area contributed by atoms with Gasteiger partial charge >= 0.3 is 11.9 Å². The highest BCUT2D eigenvalue weighted by Crippen LogP contribution is 2.48. The van der Waals surface area contributed by atoms with Gasteiger partial charge in [-0.25, -0.2) is 4.79 Å². The Morgan fingerprint density at radius 2 is 1.97 bits per heavy atom. The maximum Gasteiger partial charge on any atom is 0.358 e. The van der Waals surface area contributed by atoms with Crippen molar-refractivity contribution < 1.29 is 29.0 Å². The Morgan fingerprint density at radius 3 is 2.53 bits per heavy atom. The topological polar surface area (TPSA) is 96.4 Å². The van der Waals surface area contributed by atoms with Crippen LogP contribution < -0.4 is 0 Å². The van der Waals surface area contributed by atoms with E-state index in [1.807, 2.05) is 24.9 Å². The van der Waals surface area contributed by atoms with Crippen LogP contribution >= 0.6 is 23.6 Å². The van der Waals surface area contributed by atoms with Gasteiger partial charge in [-0.05, 0) is 45.1 Å². The second kappa shape index (κ2) is 8.92. The van der Waals surface area contributed by atoms with Gasteiger partial charge in [0, 0.05) is 30.6 Å². The van der Waals surface area contributed by atoms with Crippen molar-refractivity contribution in [3.05, 3.63) is 27.6 Å². The van der Waals surface area contributed by atoms with Crippen molar-refractivity contribution in [3.8, 4) is 0 Å². The molecule has 0 saturated carbocycles. The van der Waals surface area contributed by atoms with Crippen molar-refractivity contribution in [2.24, 2.45) is 11.3 Å². The van der Waals surface area contributed by atoms with Gasteiger partial charge < -0.3 is 24.4 Å². The highest BCUT2D eigenvalue weighted by molar-refractivity contribution is 7.80. The predicted octanol–water partition coefficient (Wildman–Crippen LogP) is 2.40. The number of thiocarbonyl (C=S) groups is 1. The summed E-state index contributed by atoms with van der Waals surface area (Å²) in [6, 6.07) is -0.335. The average Bonchev–Trinajstić information content (AvgIpc) is 3.28. The number of ether oxygens (including phenoxy) is 2. The molecular weight excluding hydrogens is 452 g/mol. The second-order valence-electron chi connectivity index (χ2n) is 9.20. The van der Waals surface area contributed by atoms with Crippen LogP contribution in [0, 0.1) is 11.3 Å². The van der Waals surface area contributed by atoms with E-state index in [0.717, 1.165) is 11.1 Å². The van der Waals surface area contributed by atoms with E-state index < -0.39 is 36.2 Å². The van der Waals surface area contributed by atoms with Crippen LogP contribution in [-0.2, 0) is 23.9 Å². The number of esters is 2. The Balaban J connectivity index is 1.92. The van der Waals surface area contributed by atoms with Gasteiger partial charge in [-0.1, -0.05) is 12.2 Å². The largest absolute Gasteiger partial charge is 0.427 e. The van der Waals surface area contributed by atoms with E-state index in [0.29, 0.717) is 17.0 Å². The molecule has 3 rings (SSSR count). The predicted molar refractivity (Wildman–Crippen MR) is 124 cm³/mol. The lowest BCUT2D eigenvalue weighted by Crippen LogP contribution is -2.61. The Labute approximate surface area is 196 Å². The molecule has 1 aromatic rings. The van der Waals surface area contributed by atoms with Gasteiger partial charge in [-0.2, -0.15) is 11.3 Å². The number of carbonyl (C=O) groups excluding carboxylic acids is 3. The number of hydrogen-bond acceptors (Lipinski definition) is 8. The van der Waals surface area contributed by atoms with Crippen LogP contribution in [0.1, 0.15) is 45.2 Å². The third-order valence-electron chi connectivity index (χ3n) is 5.54. The molecule has 0 spiro atoms. The molecule has 0 aromatic carbocycles. The molecule has 10 heteroatoms. The maximum absolute atomic E-state index is 13.0. The van der Waals surface area contributed by atoms with Crippen LogP contribution in [-0.4, -0.2) is 70.8 Å². The average molecular weight is 481 g/mol. The van der Waals surface area contributed by atoms with E-state index in [1.54, 1.807) is 32.6 Å². The van der Waals surface area contributed by atoms with Crippen molar-refractivity contribution in [2.45, 2.75) is 46.3 Å². The van der Waals surface area contributed by atoms with Crippen LogP contribution in [0.15, 0.2) is 16.5 Å². The lowest BCUT2D eigenvalue weighted by atomic mass is 9.82. The van der Waals surface area contributed by atoms with Crippen LogP contribution in [0.5, 0.6) is 0 Å². The molecule has 1 amide bonds. The summed E-state index contributed by atoms with van der Waals surface area (Å²) in [6.07, 6.45) is -0.439. The monoisotopic (exact) mass is 480 g/mol. The van der Waals surface area contributed by atoms with Crippen molar-refractivity contribution in [3.63, 3.8) is 0 Å². The van der Waals surface area contributed by atoms with Crippen LogP contribution in [0.4, 0.5) is 0 Å². The fraction of sp³-hybridized carbons (Fsp3) is 0.545. The summed E-state index contributed by atoms with van der Waals surface area (Å²) in [4.78, 5) is 41.6.